The van der Waals surface area contributed by atoms with Crippen molar-refractivity contribution in [2.75, 3.05) is 32.7 Å². The van der Waals surface area contributed by atoms with Crippen LogP contribution in [0.4, 0.5) is 0 Å². The fourth-order valence-electron chi connectivity index (χ4n) is 2.85. The summed E-state index contributed by atoms with van der Waals surface area (Å²) >= 11 is 0. The third-order valence-electron chi connectivity index (χ3n) is 4.15. The maximum Gasteiger partial charge on any atom is 0.270 e. The van der Waals surface area contributed by atoms with Crippen LogP contribution in [0.5, 0.6) is 0 Å². The van der Waals surface area contributed by atoms with Crippen molar-refractivity contribution >= 4 is 11.6 Å². The highest BCUT2D eigenvalue weighted by Gasteiger charge is 2.27. The largest absolute Gasteiger partial charge is 0.391 e. The van der Waals surface area contributed by atoms with Gasteiger partial charge >= 0.3 is 0 Å². The number of aromatic nitrogens is 1. The fraction of sp³-hybridized carbons (Fsp3) is 0.600. The van der Waals surface area contributed by atoms with Crippen molar-refractivity contribution in [1.82, 2.24) is 14.8 Å². The van der Waals surface area contributed by atoms with Crippen molar-refractivity contribution in [3.63, 3.8) is 0 Å². The van der Waals surface area contributed by atoms with Gasteiger partial charge in [0.25, 0.3) is 5.91 Å². The van der Waals surface area contributed by atoms with Crippen molar-refractivity contribution in [3.8, 4) is 0 Å². The number of aromatic amines is 1. The van der Waals surface area contributed by atoms with E-state index in [2.05, 4.69) is 22.0 Å². The Morgan fingerprint density at radius 3 is 2.86 bits per heavy atom. The number of H-pyrrole nitrogens is 1. The molecule has 1 amide bonds. The van der Waals surface area contributed by atoms with E-state index >= 15 is 0 Å². The second-order valence-electron chi connectivity index (χ2n) is 5.62. The second-order valence-corrected chi connectivity index (χ2v) is 5.62. The van der Waals surface area contributed by atoms with Crippen LogP contribution in [0.3, 0.4) is 0 Å². The van der Waals surface area contributed by atoms with Gasteiger partial charge in [-0.2, -0.15) is 0 Å². The van der Waals surface area contributed by atoms with E-state index in [1.807, 2.05) is 17.0 Å². The second kappa shape index (κ2) is 6.30. The lowest BCUT2D eigenvalue weighted by molar-refractivity contribution is 0.0323. The molecular formula is C15H22N4O2. The molecule has 3 rings (SSSR count). The first-order valence-electron chi connectivity index (χ1n) is 7.63. The molecule has 1 atom stereocenters. The minimum absolute atomic E-state index is 0.0911. The lowest BCUT2D eigenvalue weighted by Gasteiger charge is -2.35. The van der Waals surface area contributed by atoms with E-state index in [9.17, 15) is 4.79 Å². The summed E-state index contributed by atoms with van der Waals surface area (Å²) in [5.41, 5.74) is 1.82. The van der Waals surface area contributed by atoms with Gasteiger partial charge in [-0.3, -0.25) is 9.69 Å². The van der Waals surface area contributed by atoms with Crippen LogP contribution in [0.15, 0.2) is 23.5 Å². The van der Waals surface area contributed by atoms with Crippen molar-refractivity contribution < 1.29 is 9.63 Å². The molecule has 2 aliphatic heterocycles. The summed E-state index contributed by atoms with van der Waals surface area (Å²) in [4.78, 5) is 24.9. The molecule has 6 nitrogen and oxygen atoms in total. The molecule has 1 fully saturated rings. The van der Waals surface area contributed by atoms with Gasteiger partial charge in [0.15, 0.2) is 0 Å². The van der Waals surface area contributed by atoms with Crippen LogP contribution in [0.2, 0.25) is 0 Å². The molecule has 1 saturated heterocycles. The third-order valence-corrected chi connectivity index (χ3v) is 4.15. The Balaban J connectivity index is 1.44. The highest BCUT2D eigenvalue weighted by Crippen LogP contribution is 2.15. The van der Waals surface area contributed by atoms with E-state index in [0.29, 0.717) is 5.69 Å². The number of nitrogens with one attached hydrogen (secondary N) is 1. The molecule has 0 bridgehead atoms. The van der Waals surface area contributed by atoms with Crippen LogP contribution >= 0.6 is 0 Å². The van der Waals surface area contributed by atoms with E-state index in [-0.39, 0.29) is 12.0 Å². The number of oxime groups is 1. The van der Waals surface area contributed by atoms with E-state index < -0.39 is 0 Å². The maximum absolute atomic E-state index is 12.2. The summed E-state index contributed by atoms with van der Waals surface area (Å²) in [6.45, 7) is 6.34. The quantitative estimate of drug-likeness (QED) is 0.910. The SMILES string of the molecule is CCC1=NO[C@H](CN2CCN(C(=O)c3ccc[nH]3)CC2)C1. The van der Waals surface area contributed by atoms with Crippen LogP contribution in [-0.4, -0.2) is 65.2 Å². The minimum Gasteiger partial charge on any atom is -0.391 e. The molecule has 0 aromatic carbocycles. The summed E-state index contributed by atoms with van der Waals surface area (Å²) in [5, 5.41) is 4.10. The van der Waals surface area contributed by atoms with Crippen molar-refractivity contribution in [1.29, 1.82) is 0 Å². The maximum atomic E-state index is 12.2. The Bertz CT molecular complexity index is 504. The molecule has 0 aliphatic carbocycles. The van der Waals surface area contributed by atoms with Crippen LogP contribution in [0, 0.1) is 0 Å². The molecule has 2 aliphatic rings. The lowest BCUT2D eigenvalue weighted by Crippen LogP contribution is -2.50. The predicted molar refractivity (Wildman–Crippen MR) is 80.4 cm³/mol. The average molecular weight is 290 g/mol. The minimum atomic E-state index is 0.0911. The summed E-state index contributed by atoms with van der Waals surface area (Å²) < 4.78 is 0. The van der Waals surface area contributed by atoms with Crippen LogP contribution < -0.4 is 0 Å². The number of hydrogen-bond donors (Lipinski definition) is 1. The van der Waals surface area contributed by atoms with E-state index in [4.69, 9.17) is 4.84 Å². The molecule has 1 aromatic rings. The summed E-state index contributed by atoms with van der Waals surface area (Å²) in [7, 11) is 0. The first-order chi connectivity index (χ1) is 10.3. The number of hydrogen-bond acceptors (Lipinski definition) is 4. The van der Waals surface area contributed by atoms with Crippen molar-refractivity contribution in [2.45, 2.75) is 25.9 Å². The molecule has 21 heavy (non-hydrogen) atoms. The van der Waals surface area contributed by atoms with Gasteiger partial charge in [-0.05, 0) is 18.6 Å². The van der Waals surface area contributed by atoms with E-state index in [0.717, 1.165) is 51.3 Å². The molecule has 6 heteroatoms. The zero-order valence-corrected chi connectivity index (χ0v) is 12.4. The Morgan fingerprint density at radius 1 is 1.43 bits per heavy atom. The number of carbonyl (C=O) groups excluding carboxylic acids is 1. The number of nitrogens with zero attached hydrogens (tertiary/aromatic N) is 3. The van der Waals surface area contributed by atoms with Gasteiger partial charge in [0.2, 0.25) is 0 Å². The smallest absolute Gasteiger partial charge is 0.270 e. The van der Waals surface area contributed by atoms with Gasteiger partial charge in [-0.25, -0.2) is 0 Å². The van der Waals surface area contributed by atoms with Gasteiger partial charge in [-0.15, -0.1) is 0 Å². The average Bonchev–Trinajstić information content (AvgIpc) is 3.19. The van der Waals surface area contributed by atoms with Crippen molar-refractivity contribution in [2.24, 2.45) is 5.16 Å². The summed E-state index contributed by atoms with van der Waals surface area (Å²) in [5.74, 6) is 0.0911. The van der Waals surface area contributed by atoms with Crippen molar-refractivity contribution in [3.05, 3.63) is 24.0 Å². The first kappa shape index (κ1) is 14.1. The molecule has 114 valence electrons. The Labute approximate surface area is 124 Å². The Morgan fingerprint density at radius 2 is 2.24 bits per heavy atom. The number of carbonyl (C=O) groups is 1. The molecule has 0 radical (unpaired) electrons. The molecule has 1 aromatic heterocycles. The summed E-state index contributed by atoms with van der Waals surface area (Å²) in [6, 6.07) is 3.68. The van der Waals surface area contributed by atoms with Crippen LogP contribution in [0.25, 0.3) is 0 Å². The molecule has 3 heterocycles. The van der Waals surface area contributed by atoms with Gasteiger partial charge in [0.1, 0.15) is 11.8 Å². The molecule has 0 saturated carbocycles. The van der Waals surface area contributed by atoms with Gasteiger partial charge in [0.05, 0.1) is 5.71 Å². The normalized spacial score (nSPS) is 23.0. The Kier molecular flexibility index (Phi) is 4.24. The van der Waals surface area contributed by atoms with Gasteiger partial charge in [-0.1, -0.05) is 12.1 Å². The fourth-order valence-corrected chi connectivity index (χ4v) is 2.85. The highest BCUT2D eigenvalue weighted by molar-refractivity contribution is 5.92. The third kappa shape index (κ3) is 3.26. The topological polar surface area (TPSA) is 60.9 Å². The number of rotatable bonds is 4. The zero-order chi connectivity index (χ0) is 14.7. The van der Waals surface area contributed by atoms with E-state index in [1.165, 1.54) is 0 Å². The van der Waals surface area contributed by atoms with Crippen LogP contribution in [-0.2, 0) is 4.84 Å². The number of amides is 1. The van der Waals surface area contributed by atoms with Gasteiger partial charge < -0.3 is 14.7 Å². The zero-order valence-electron chi connectivity index (χ0n) is 12.4. The monoisotopic (exact) mass is 290 g/mol. The summed E-state index contributed by atoms with van der Waals surface area (Å²) in [6.07, 6.45) is 3.88. The first-order valence-corrected chi connectivity index (χ1v) is 7.63. The van der Waals surface area contributed by atoms with Gasteiger partial charge in [0, 0.05) is 45.3 Å². The Hall–Kier alpha value is -1.82. The molecule has 0 spiro atoms. The standard InChI is InChI=1S/C15H22N4O2/c1-2-12-10-13(21-17-12)11-18-6-8-19(9-7-18)15(20)14-4-3-5-16-14/h3-5,13,16H,2,6-11H2,1H3/t13-/m0/s1. The molecular weight excluding hydrogens is 268 g/mol. The van der Waals surface area contributed by atoms with E-state index in [1.54, 1.807) is 6.20 Å². The number of piperazine rings is 1. The lowest BCUT2D eigenvalue weighted by atomic mass is 10.1. The van der Waals surface area contributed by atoms with Crippen LogP contribution in [0.1, 0.15) is 30.3 Å². The highest BCUT2D eigenvalue weighted by atomic mass is 16.6. The predicted octanol–water partition coefficient (Wildman–Crippen LogP) is 1.33. The molecule has 1 N–H and O–H groups in total. The molecule has 0 unspecified atom stereocenters.